The lowest BCUT2D eigenvalue weighted by Gasteiger charge is -2.24. The van der Waals surface area contributed by atoms with Crippen molar-refractivity contribution in [1.29, 1.82) is 0 Å². The van der Waals surface area contributed by atoms with Crippen molar-refractivity contribution in [2.75, 3.05) is 0 Å². The summed E-state index contributed by atoms with van der Waals surface area (Å²) < 4.78 is 8.32. The summed E-state index contributed by atoms with van der Waals surface area (Å²) in [6, 6.07) is 10.6. The number of aromatic amines is 1. The molecule has 0 spiro atoms. The molecular formula is C40H52N4O6. The fourth-order valence-corrected chi connectivity index (χ4v) is 6.87. The largest absolute Gasteiger partial charge is 0.504 e. The monoisotopic (exact) mass is 684 g/mol. The van der Waals surface area contributed by atoms with E-state index in [1.54, 1.807) is 18.2 Å². The second-order valence-corrected chi connectivity index (χ2v) is 13.6. The van der Waals surface area contributed by atoms with Crippen LogP contribution in [0.3, 0.4) is 0 Å². The third-order valence-corrected chi connectivity index (χ3v) is 9.75. The summed E-state index contributed by atoms with van der Waals surface area (Å²) in [5.74, 6) is 5.71. The average Bonchev–Trinajstić information content (AvgIpc) is 3.67. The second kappa shape index (κ2) is 17.2. The van der Waals surface area contributed by atoms with E-state index in [1.807, 2.05) is 48.3 Å². The van der Waals surface area contributed by atoms with Crippen molar-refractivity contribution in [3.05, 3.63) is 82.8 Å². The van der Waals surface area contributed by atoms with Crippen molar-refractivity contribution in [3.8, 4) is 23.3 Å². The first-order valence-corrected chi connectivity index (χ1v) is 17.9. The number of carbonyl (C=O) groups is 1. The third-order valence-electron chi connectivity index (χ3n) is 9.75. The van der Waals surface area contributed by atoms with Crippen LogP contribution in [0.4, 0.5) is 0 Å². The van der Waals surface area contributed by atoms with E-state index in [9.17, 15) is 25.2 Å². The Hall–Kier alpha value is -4.11. The minimum absolute atomic E-state index is 0.0251. The van der Waals surface area contributed by atoms with Crippen LogP contribution in [0, 0.1) is 17.8 Å². The van der Waals surface area contributed by atoms with Gasteiger partial charge in [0.15, 0.2) is 17.7 Å². The predicted octanol–water partition coefficient (Wildman–Crippen LogP) is 5.81. The summed E-state index contributed by atoms with van der Waals surface area (Å²) in [6.07, 6.45) is 8.47. The number of phenols is 1. The number of Topliss-reactive ketones (excluding diaryl/α,β-unsaturated/α-hetero) is 1. The molecule has 0 amide bonds. The van der Waals surface area contributed by atoms with Gasteiger partial charge >= 0.3 is 0 Å². The maximum atomic E-state index is 13.4. The van der Waals surface area contributed by atoms with Crippen LogP contribution < -0.4 is 16.2 Å². The zero-order valence-electron chi connectivity index (χ0n) is 29.1. The smallest absolute Gasteiger partial charge is 0.186 e. The van der Waals surface area contributed by atoms with Gasteiger partial charge in [-0.25, -0.2) is 0 Å². The number of unbranched alkanes of at least 4 members (excludes halogenated alkanes) is 2. The van der Waals surface area contributed by atoms with Crippen LogP contribution in [-0.4, -0.2) is 48.0 Å². The quantitative estimate of drug-likeness (QED) is 0.0439. The molecule has 2 aromatic carbocycles. The van der Waals surface area contributed by atoms with Gasteiger partial charge in [0, 0.05) is 42.7 Å². The standard InChI is InChI=1S/C40H52N4O6/c1-3-5-6-9-31(37(49)21-29(45)8-4-2)35(47)16-12-25-13-17-36(48)38(18-25)50-39-11-7-10-34(46)30-15-14-26(40(41)42)19-27(30)20-28-22-43-33-24-44(39)23-32(28)33/h13-15,17-19,22-24,29,31,34,37,39-40,43,45-46,48-49H,3-6,8-9,11-12,16,20-21,41-42H2,1-2H3/t29-,31-,34+,37-,39+/m1/s1. The molecule has 268 valence electrons. The highest BCUT2D eigenvalue weighted by atomic mass is 16.5. The first-order chi connectivity index (χ1) is 24.1. The van der Waals surface area contributed by atoms with Crippen LogP contribution in [0.2, 0.25) is 0 Å². The molecule has 2 aromatic heterocycles. The number of hydrogen-bond acceptors (Lipinski definition) is 8. The molecule has 5 atom stereocenters. The van der Waals surface area contributed by atoms with E-state index < -0.39 is 36.6 Å². The highest BCUT2D eigenvalue weighted by Gasteiger charge is 2.28. The van der Waals surface area contributed by atoms with Crippen LogP contribution in [0.5, 0.6) is 11.5 Å². The molecule has 4 aromatic rings. The Morgan fingerprint density at radius 1 is 1.06 bits per heavy atom. The van der Waals surface area contributed by atoms with Crippen LogP contribution in [0.1, 0.15) is 118 Å². The maximum Gasteiger partial charge on any atom is 0.186 e. The van der Waals surface area contributed by atoms with Crippen LogP contribution >= 0.6 is 0 Å². The lowest BCUT2D eigenvalue weighted by molar-refractivity contribution is -0.127. The molecule has 50 heavy (non-hydrogen) atoms. The number of fused-ring (bicyclic) bond motifs is 2. The highest BCUT2D eigenvalue weighted by Crippen LogP contribution is 2.34. The van der Waals surface area contributed by atoms with Gasteiger partial charge in [0.05, 0.1) is 30.3 Å². The van der Waals surface area contributed by atoms with E-state index >= 15 is 0 Å². The summed E-state index contributed by atoms with van der Waals surface area (Å²) in [5, 5.41) is 44.2. The minimum Gasteiger partial charge on any atom is -0.504 e. The molecule has 1 aliphatic rings. The van der Waals surface area contributed by atoms with Gasteiger partial charge in [-0.2, -0.15) is 0 Å². The van der Waals surface area contributed by atoms with Crippen molar-refractivity contribution in [2.24, 2.45) is 17.4 Å². The van der Waals surface area contributed by atoms with E-state index in [0.717, 1.165) is 58.8 Å². The lowest BCUT2D eigenvalue weighted by Crippen LogP contribution is -2.32. The van der Waals surface area contributed by atoms with Gasteiger partial charge < -0.3 is 46.2 Å². The van der Waals surface area contributed by atoms with Gasteiger partial charge in [0.2, 0.25) is 0 Å². The molecule has 0 fully saturated rings. The van der Waals surface area contributed by atoms with Crippen molar-refractivity contribution in [2.45, 2.75) is 115 Å². The fraction of sp³-hybridized carbons (Fsp3) is 0.475. The number of aliphatic hydroxyl groups is 3. The van der Waals surface area contributed by atoms with Crippen molar-refractivity contribution < 1.29 is 30.0 Å². The van der Waals surface area contributed by atoms with Crippen molar-refractivity contribution in [3.63, 3.8) is 0 Å². The first-order valence-electron chi connectivity index (χ1n) is 17.9. The number of ether oxygens (including phenoxy) is 1. The summed E-state index contributed by atoms with van der Waals surface area (Å²) in [5.41, 5.74) is 17.0. The molecule has 3 heterocycles. The van der Waals surface area contributed by atoms with Crippen LogP contribution in [-0.2, 0) is 17.6 Å². The molecule has 10 heteroatoms. The number of nitrogens with one attached hydrogen (secondary N) is 1. The first kappa shape index (κ1) is 37.2. The topological polar surface area (TPSA) is 180 Å². The molecule has 0 aliphatic carbocycles. The molecule has 0 unspecified atom stereocenters. The number of aryl methyl sites for hydroxylation is 1. The number of aliphatic hydroxyl groups excluding tert-OH is 3. The molecule has 5 rings (SSSR count). The van der Waals surface area contributed by atoms with E-state index in [-0.39, 0.29) is 36.5 Å². The Labute approximate surface area is 294 Å². The molecule has 0 saturated heterocycles. The number of H-pyrrole nitrogens is 1. The zero-order chi connectivity index (χ0) is 35.8. The predicted molar refractivity (Wildman–Crippen MR) is 194 cm³/mol. The fourth-order valence-electron chi connectivity index (χ4n) is 6.87. The zero-order valence-corrected chi connectivity index (χ0v) is 29.1. The Kier molecular flexibility index (Phi) is 12.8. The number of benzene rings is 2. The van der Waals surface area contributed by atoms with Gasteiger partial charge in [-0.3, -0.25) is 4.79 Å². The molecule has 0 radical (unpaired) electrons. The van der Waals surface area contributed by atoms with Crippen LogP contribution in [0.25, 0.3) is 10.9 Å². The molecular weight excluding hydrogens is 632 g/mol. The summed E-state index contributed by atoms with van der Waals surface area (Å²) in [4.78, 5) is 16.8. The molecule has 0 saturated carbocycles. The Morgan fingerprint density at radius 2 is 1.88 bits per heavy atom. The average molecular weight is 685 g/mol. The Balaban J connectivity index is 1.35. The number of carbonyl (C=O) groups excluding carboxylic acids is 1. The van der Waals surface area contributed by atoms with E-state index in [1.165, 1.54) is 0 Å². The van der Waals surface area contributed by atoms with E-state index in [0.29, 0.717) is 31.2 Å². The summed E-state index contributed by atoms with van der Waals surface area (Å²) >= 11 is 0. The SMILES string of the molecule is CCCCC[C@H](C(=O)CCc1ccc(O)c(O[C@H]2CC#C[C@H](O)c3ccc(C(N)N)cc3Cc3c[nH]c4cn2cc34)c1)[C@H](O)C[C@H](O)CCC. The minimum atomic E-state index is -1.04. The third kappa shape index (κ3) is 9.16. The number of aromatic hydroxyl groups is 1. The molecule has 9 N–H and O–H groups in total. The lowest BCUT2D eigenvalue weighted by atomic mass is 9.85. The summed E-state index contributed by atoms with van der Waals surface area (Å²) in [6.45, 7) is 4.09. The Morgan fingerprint density at radius 3 is 2.64 bits per heavy atom. The maximum absolute atomic E-state index is 13.4. The number of nitrogens with two attached hydrogens (primary N) is 2. The number of ketones is 1. The van der Waals surface area contributed by atoms with Gasteiger partial charge in [-0.15, -0.1) is 0 Å². The molecule has 10 nitrogen and oxygen atoms in total. The number of rotatable bonds is 16. The molecule has 2 bridgehead atoms. The van der Waals surface area contributed by atoms with Crippen molar-refractivity contribution in [1.82, 2.24) is 9.55 Å². The van der Waals surface area contributed by atoms with E-state index in [4.69, 9.17) is 16.2 Å². The number of phenolic OH excluding ortho intramolecular Hbond substituents is 1. The number of hydrogen-bond donors (Lipinski definition) is 7. The normalized spacial score (nSPS) is 17.8. The second-order valence-electron chi connectivity index (χ2n) is 13.6. The summed E-state index contributed by atoms with van der Waals surface area (Å²) in [7, 11) is 0. The van der Waals surface area contributed by atoms with E-state index in [2.05, 4.69) is 23.7 Å². The highest BCUT2D eigenvalue weighted by molar-refractivity contribution is 5.83. The van der Waals surface area contributed by atoms with Crippen molar-refractivity contribution >= 4 is 16.7 Å². The number of nitrogens with zero attached hydrogens (tertiary/aromatic N) is 1. The van der Waals surface area contributed by atoms with Gasteiger partial charge in [-0.1, -0.05) is 75.6 Å². The van der Waals surface area contributed by atoms with Gasteiger partial charge in [0.1, 0.15) is 11.9 Å². The van der Waals surface area contributed by atoms with Gasteiger partial charge in [0.25, 0.3) is 0 Å². The van der Waals surface area contributed by atoms with Crippen LogP contribution in [0.15, 0.2) is 55.0 Å². The number of aromatic nitrogens is 2. The Bertz CT molecular complexity index is 1800. The van der Waals surface area contributed by atoms with Gasteiger partial charge in [-0.05, 0) is 65.6 Å². The molecule has 1 aliphatic heterocycles.